The molecular weight excluding hydrogens is 368 g/mol. The number of likely N-dealkylation sites (tertiary alicyclic amines) is 1. The normalized spacial score (nSPS) is 16.6. The molecule has 8 heteroatoms. The number of carbonyl (C=O) groups excluding carboxylic acids is 2. The number of hydrogen-bond acceptors (Lipinski definition) is 4. The molecule has 2 aromatic heterocycles. The maximum absolute atomic E-state index is 13.1. The van der Waals surface area contributed by atoms with Crippen LogP contribution in [0.5, 0.6) is 0 Å². The Bertz CT molecular complexity index is 1010. The van der Waals surface area contributed by atoms with Crippen LogP contribution in [0.3, 0.4) is 0 Å². The summed E-state index contributed by atoms with van der Waals surface area (Å²) in [6.07, 6.45) is 4.97. The van der Waals surface area contributed by atoms with Crippen LogP contribution in [0.2, 0.25) is 0 Å². The number of piperidine rings is 1. The monoisotopic (exact) mass is 392 g/mol. The molecule has 0 unspecified atom stereocenters. The van der Waals surface area contributed by atoms with Gasteiger partial charge in [0.2, 0.25) is 0 Å². The van der Waals surface area contributed by atoms with Crippen LogP contribution in [0.4, 0.5) is 5.69 Å². The Labute approximate surface area is 169 Å². The van der Waals surface area contributed by atoms with Gasteiger partial charge in [-0.2, -0.15) is 10.2 Å². The minimum Gasteiger partial charge on any atom is -0.337 e. The van der Waals surface area contributed by atoms with Crippen LogP contribution >= 0.6 is 0 Å². The zero-order valence-electron chi connectivity index (χ0n) is 16.6. The summed E-state index contributed by atoms with van der Waals surface area (Å²) in [6.45, 7) is 1.24. The zero-order valence-corrected chi connectivity index (χ0v) is 16.6. The van der Waals surface area contributed by atoms with Crippen LogP contribution in [-0.2, 0) is 7.05 Å². The number of aromatic nitrogens is 4. The van der Waals surface area contributed by atoms with E-state index in [2.05, 4.69) is 15.3 Å². The lowest BCUT2D eigenvalue weighted by Gasteiger charge is -2.32. The van der Waals surface area contributed by atoms with Gasteiger partial charge >= 0.3 is 0 Å². The second kappa shape index (κ2) is 7.90. The highest BCUT2D eigenvalue weighted by atomic mass is 16.2. The minimum atomic E-state index is -0.116. The third-order valence-electron chi connectivity index (χ3n) is 5.50. The molecule has 1 atom stereocenters. The number of nitrogens with zero attached hydrogens (tertiary/aromatic N) is 5. The first kappa shape index (κ1) is 18.9. The van der Waals surface area contributed by atoms with Crippen molar-refractivity contribution >= 4 is 17.5 Å². The van der Waals surface area contributed by atoms with Crippen LogP contribution in [0.1, 0.15) is 45.3 Å². The van der Waals surface area contributed by atoms with Gasteiger partial charge in [0.05, 0.1) is 17.5 Å². The number of para-hydroxylation sites is 1. The first-order chi connectivity index (χ1) is 14.1. The molecule has 0 spiro atoms. The van der Waals surface area contributed by atoms with Crippen molar-refractivity contribution in [3.63, 3.8) is 0 Å². The van der Waals surface area contributed by atoms with Gasteiger partial charge in [0.15, 0.2) is 0 Å². The summed E-state index contributed by atoms with van der Waals surface area (Å²) in [6, 6.07) is 11.2. The summed E-state index contributed by atoms with van der Waals surface area (Å²) in [5.41, 5.74) is 2.73. The van der Waals surface area contributed by atoms with E-state index in [0.29, 0.717) is 24.3 Å². The van der Waals surface area contributed by atoms with Crippen LogP contribution in [0, 0.1) is 0 Å². The van der Waals surface area contributed by atoms with Crippen molar-refractivity contribution in [3.8, 4) is 0 Å². The molecule has 1 fully saturated rings. The van der Waals surface area contributed by atoms with Gasteiger partial charge in [-0.25, -0.2) is 0 Å². The van der Waals surface area contributed by atoms with Crippen molar-refractivity contribution in [3.05, 3.63) is 65.7 Å². The SMILES string of the molecule is CN(C(=O)c1cn[nH]c1[C@@H]1CCCN(C(=O)c2ccnn2C)C1)c1ccccc1. The zero-order chi connectivity index (χ0) is 20.4. The molecule has 150 valence electrons. The van der Waals surface area contributed by atoms with Crippen LogP contribution in [0.25, 0.3) is 0 Å². The minimum absolute atomic E-state index is 0.0338. The summed E-state index contributed by atoms with van der Waals surface area (Å²) < 4.78 is 1.59. The molecule has 1 saturated heterocycles. The lowest BCUT2D eigenvalue weighted by atomic mass is 9.92. The van der Waals surface area contributed by atoms with Crippen LogP contribution < -0.4 is 4.90 Å². The second-order valence-corrected chi connectivity index (χ2v) is 7.33. The fraction of sp³-hybridized carbons (Fsp3) is 0.333. The van der Waals surface area contributed by atoms with Crippen molar-refractivity contribution in [1.29, 1.82) is 0 Å². The van der Waals surface area contributed by atoms with Crippen LogP contribution in [0.15, 0.2) is 48.8 Å². The van der Waals surface area contributed by atoms with E-state index in [1.54, 1.807) is 42.1 Å². The summed E-state index contributed by atoms with van der Waals surface area (Å²) in [5.74, 6) is -0.120. The third-order valence-corrected chi connectivity index (χ3v) is 5.50. The first-order valence-electron chi connectivity index (χ1n) is 9.70. The number of rotatable bonds is 4. The molecule has 0 saturated carbocycles. The van der Waals surface area contributed by atoms with Gasteiger partial charge < -0.3 is 9.80 Å². The largest absolute Gasteiger partial charge is 0.337 e. The number of amides is 2. The summed E-state index contributed by atoms with van der Waals surface area (Å²) >= 11 is 0. The molecule has 1 aromatic carbocycles. The van der Waals surface area contributed by atoms with Gasteiger partial charge in [-0.15, -0.1) is 0 Å². The average Bonchev–Trinajstić information content (AvgIpc) is 3.42. The highest BCUT2D eigenvalue weighted by Gasteiger charge is 2.31. The van der Waals surface area contributed by atoms with Crippen molar-refractivity contribution in [2.75, 3.05) is 25.0 Å². The summed E-state index contributed by atoms with van der Waals surface area (Å²) in [4.78, 5) is 29.4. The molecule has 3 heterocycles. The molecular formula is C21H24N6O2. The molecule has 1 aliphatic heterocycles. The molecule has 3 aromatic rings. The standard InChI is InChI=1S/C21H24N6O2/c1-25(16-8-4-3-5-9-16)20(28)17-13-22-24-19(17)15-7-6-12-27(14-15)21(29)18-10-11-23-26(18)2/h3-5,8-11,13,15H,6-7,12,14H2,1-2H3,(H,22,24)/t15-/m1/s1. The van der Waals surface area contributed by atoms with E-state index in [4.69, 9.17) is 0 Å². The maximum Gasteiger partial charge on any atom is 0.272 e. The van der Waals surface area contributed by atoms with Gasteiger partial charge in [-0.3, -0.25) is 19.4 Å². The van der Waals surface area contributed by atoms with E-state index >= 15 is 0 Å². The second-order valence-electron chi connectivity index (χ2n) is 7.33. The number of nitrogens with one attached hydrogen (secondary N) is 1. The molecule has 0 radical (unpaired) electrons. The van der Waals surface area contributed by atoms with Crippen molar-refractivity contribution in [1.82, 2.24) is 24.9 Å². The number of benzene rings is 1. The molecule has 2 amide bonds. The number of carbonyl (C=O) groups is 2. The van der Waals surface area contributed by atoms with Gasteiger partial charge in [0.1, 0.15) is 5.69 Å². The van der Waals surface area contributed by atoms with E-state index in [9.17, 15) is 9.59 Å². The van der Waals surface area contributed by atoms with Gasteiger partial charge in [0.25, 0.3) is 11.8 Å². The van der Waals surface area contributed by atoms with E-state index in [1.807, 2.05) is 35.2 Å². The molecule has 1 aliphatic rings. The molecule has 0 bridgehead atoms. The number of aromatic amines is 1. The van der Waals surface area contributed by atoms with E-state index in [1.165, 1.54) is 0 Å². The van der Waals surface area contributed by atoms with Gasteiger partial charge in [-0.05, 0) is 31.0 Å². The quantitative estimate of drug-likeness (QED) is 0.739. The first-order valence-corrected chi connectivity index (χ1v) is 9.70. The Morgan fingerprint density at radius 2 is 2.00 bits per heavy atom. The average molecular weight is 392 g/mol. The predicted octanol–water partition coefficient (Wildman–Crippen LogP) is 2.44. The summed E-state index contributed by atoms with van der Waals surface area (Å²) in [5, 5.41) is 11.2. The van der Waals surface area contributed by atoms with E-state index in [0.717, 1.165) is 24.2 Å². The molecule has 4 rings (SSSR count). The number of hydrogen-bond donors (Lipinski definition) is 1. The fourth-order valence-corrected chi connectivity index (χ4v) is 3.87. The molecule has 1 N–H and O–H groups in total. The number of H-pyrrole nitrogens is 1. The Balaban J connectivity index is 1.54. The Morgan fingerprint density at radius 1 is 1.21 bits per heavy atom. The lowest BCUT2D eigenvalue weighted by Crippen LogP contribution is -2.40. The molecule has 8 nitrogen and oxygen atoms in total. The smallest absolute Gasteiger partial charge is 0.272 e. The lowest BCUT2D eigenvalue weighted by molar-refractivity contribution is 0.0694. The maximum atomic E-state index is 13.1. The Kier molecular flexibility index (Phi) is 5.16. The highest BCUT2D eigenvalue weighted by Crippen LogP contribution is 2.29. The van der Waals surface area contributed by atoms with E-state index in [-0.39, 0.29) is 17.7 Å². The number of anilines is 1. The van der Waals surface area contributed by atoms with Crippen molar-refractivity contribution in [2.45, 2.75) is 18.8 Å². The highest BCUT2D eigenvalue weighted by molar-refractivity contribution is 6.06. The molecule has 0 aliphatic carbocycles. The Morgan fingerprint density at radius 3 is 2.72 bits per heavy atom. The Hall–Kier alpha value is -3.42. The van der Waals surface area contributed by atoms with Crippen molar-refractivity contribution in [2.24, 2.45) is 7.05 Å². The van der Waals surface area contributed by atoms with Gasteiger partial charge in [-0.1, -0.05) is 18.2 Å². The topological polar surface area (TPSA) is 87.1 Å². The number of aryl methyl sites for hydroxylation is 1. The van der Waals surface area contributed by atoms with Crippen LogP contribution in [-0.4, -0.2) is 56.8 Å². The predicted molar refractivity (Wildman–Crippen MR) is 109 cm³/mol. The molecule has 29 heavy (non-hydrogen) atoms. The van der Waals surface area contributed by atoms with E-state index < -0.39 is 0 Å². The third kappa shape index (κ3) is 3.65. The summed E-state index contributed by atoms with van der Waals surface area (Å²) in [7, 11) is 3.52. The fourth-order valence-electron chi connectivity index (χ4n) is 3.87. The van der Waals surface area contributed by atoms with Crippen molar-refractivity contribution < 1.29 is 9.59 Å². The van der Waals surface area contributed by atoms with Gasteiger partial charge in [0, 0.05) is 45.0 Å².